The van der Waals surface area contributed by atoms with E-state index in [4.69, 9.17) is 4.74 Å². The highest BCUT2D eigenvalue weighted by Crippen LogP contribution is 2.24. The van der Waals surface area contributed by atoms with E-state index in [1.807, 2.05) is 12.1 Å². The zero-order valence-electron chi connectivity index (χ0n) is 10.5. The monoisotopic (exact) mass is 363 g/mol. The fourth-order valence-electron chi connectivity index (χ4n) is 1.64. The van der Waals surface area contributed by atoms with E-state index >= 15 is 0 Å². The van der Waals surface area contributed by atoms with Gasteiger partial charge in [0.15, 0.2) is 0 Å². The second-order valence-electron chi connectivity index (χ2n) is 4.26. The van der Waals surface area contributed by atoms with Crippen LogP contribution in [-0.2, 0) is 6.54 Å². The van der Waals surface area contributed by atoms with Gasteiger partial charge in [0.2, 0.25) is 0 Å². The van der Waals surface area contributed by atoms with Crippen molar-refractivity contribution in [2.45, 2.75) is 24.7 Å². The van der Waals surface area contributed by atoms with Crippen molar-refractivity contribution in [2.75, 3.05) is 20.7 Å². The Kier molecular flexibility index (Phi) is 6.52. The molecule has 0 aromatic heterocycles. The number of halogens is 2. The minimum absolute atomic E-state index is 0.564. The van der Waals surface area contributed by atoms with E-state index in [9.17, 15) is 0 Å². The van der Waals surface area contributed by atoms with Crippen LogP contribution in [0.4, 0.5) is 0 Å². The smallest absolute Gasteiger partial charge is 0.123 e. The molecule has 4 heteroatoms. The lowest BCUT2D eigenvalue weighted by atomic mass is 10.2. The summed E-state index contributed by atoms with van der Waals surface area (Å²) in [5.41, 5.74) is 1.21. The van der Waals surface area contributed by atoms with Gasteiger partial charge in [-0.05, 0) is 38.2 Å². The Labute approximate surface area is 121 Å². The molecule has 1 aromatic rings. The van der Waals surface area contributed by atoms with Gasteiger partial charge < -0.3 is 9.64 Å². The van der Waals surface area contributed by atoms with E-state index in [1.165, 1.54) is 5.56 Å². The molecule has 0 saturated carbocycles. The first kappa shape index (κ1) is 15.0. The van der Waals surface area contributed by atoms with Crippen LogP contribution in [0.2, 0.25) is 0 Å². The van der Waals surface area contributed by atoms with Crippen LogP contribution < -0.4 is 4.74 Å². The predicted octanol–water partition coefficient (Wildman–Crippen LogP) is 4.06. The summed E-state index contributed by atoms with van der Waals surface area (Å²) in [6.45, 7) is 4.15. The molecule has 0 saturated heterocycles. The van der Waals surface area contributed by atoms with Gasteiger partial charge in [0.05, 0.1) is 7.11 Å². The maximum atomic E-state index is 5.37. The lowest BCUT2D eigenvalue weighted by Crippen LogP contribution is -2.21. The van der Waals surface area contributed by atoms with Crippen LogP contribution in [0.5, 0.6) is 5.75 Å². The zero-order chi connectivity index (χ0) is 12.8. The molecule has 0 N–H and O–H groups in total. The van der Waals surface area contributed by atoms with Gasteiger partial charge in [-0.2, -0.15) is 0 Å². The van der Waals surface area contributed by atoms with Crippen molar-refractivity contribution in [3.05, 3.63) is 28.2 Å². The van der Waals surface area contributed by atoms with Crippen molar-refractivity contribution in [1.29, 1.82) is 0 Å². The Bertz CT molecular complexity index is 355. The highest BCUT2D eigenvalue weighted by atomic mass is 79.9. The molecule has 0 fully saturated rings. The van der Waals surface area contributed by atoms with Gasteiger partial charge in [-0.1, -0.05) is 38.8 Å². The maximum Gasteiger partial charge on any atom is 0.123 e. The molecule has 0 aliphatic heterocycles. The first-order valence-electron chi connectivity index (χ1n) is 5.68. The van der Waals surface area contributed by atoms with Crippen molar-refractivity contribution in [3.63, 3.8) is 0 Å². The minimum Gasteiger partial charge on any atom is -0.496 e. The SMILES string of the molecule is COc1ccc(Br)cc1CN(C)CCC(C)Br. The molecule has 0 radical (unpaired) electrons. The van der Waals surface area contributed by atoms with Gasteiger partial charge in [-0.3, -0.25) is 0 Å². The average Bonchev–Trinajstić information content (AvgIpc) is 2.27. The Hall–Kier alpha value is -0.0600. The highest BCUT2D eigenvalue weighted by Gasteiger charge is 2.07. The molecule has 1 rings (SSSR count). The van der Waals surface area contributed by atoms with E-state index in [-0.39, 0.29) is 0 Å². The van der Waals surface area contributed by atoms with E-state index in [0.717, 1.165) is 29.7 Å². The highest BCUT2D eigenvalue weighted by molar-refractivity contribution is 9.10. The number of alkyl halides is 1. The average molecular weight is 365 g/mol. The molecule has 96 valence electrons. The molecule has 0 amide bonds. The Balaban J connectivity index is 2.63. The molecule has 2 nitrogen and oxygen atoms in total. The summed E-state index contributed by atoms with van der Waals surface area (Å²) in [6, 6.07) is 6.12. The van der Waals surface area contributed by atoms with Gasteiger partial charge in [-0.25, -0.2) is 0 Å². The minimum atomic E-state index is 0.564. The topological polar surface area (TPSA) is 12.5 Å². The first-order chi connectivity index (χ1) is 8.02. The summed E-state index contributed by atoms with van der Waals surface area (Å²) in [5.74, 6) is 0.951. The van der Waals surface area contributed by atoms with Crippen LogP contribution in [0.25, 0.3) is 0 Å². The van der Waals surface area contributed by atoms with Crippen molar-refractivity contribution < 1.29 is 4.74 Å². The van der Waals surface area contributed by atoms with E-state index in [0.29, 0.717) is 4.83 Å². The molecule has 1 atom stereocenters. The Morgan fingerprint density at radius 2 is 2.12 bits per heavy atom. The number of hydrogen-bond donors (Lipinski definition) is 0. The fraction of sp³-hybridized carbons (Fsp3) is 0.538. The lowest BCUT2D eigenvalue weighted by Gasteiger charge is -2.19. The van der Waals surface area contributed by atoms with Crippen LogP contribution in [0, 0.1) is 0 Å². The quantitative estimate of drug-likeness (QED) is 0.705. The molecule has 1 aromatic carbocycles. The van der Waals surface area contributed by atoms with Crippen molar-refractivity contribution in [1.82, 2.24) is 4.90 Å². The number of hydrogen-bond acceptors (Lipinski definition) is 2. The second kappa shape index (κ2) is 7.39. The Morgan fingerprint density at radius 3 is 2.71 bits per heavy atom. The maximum absolute atomic E-state index is 5.37. The van der Waals surface area contributed by atoms with Crippen LogP contribution in [0.1, 0.15) is 18.9 Å². The summed E-state index contributed by atoms with van der Waals surface area (Å²) in [6.07, 6.45) is 1.15. The molecular formula is C13H19Br2NO. The van der Waals surface area contributed by atoms with Crippen LogP contribution in [-0.4, -0.2) is 30.4 Å². The van der Waals surface area contributed by atoms with E-state index < -0.39 is 0 Å². The summed E-state index contributed by atoms with van der Waals surface area (Å²) in [4.78, 5) is 2.87. The van der Waals surface area contributed by atoms with Gasteiger partial charge in [0.25, 0.3) is 0 Å². The molecule has 0 aliphatic rings. The van der Waals surface area contributed by atoms with Crippen LogP contribution in [0.15, 0.2) is 22.7 Å². The summed E-state index contributed by atoms with van der Waals surface area (Å²) in [7, 11) is 3.85. The Morgan fingerprint density at radius 1 is 1.41 bits per heavy atom. The molecule has 0 aliphatic carbocycles. The molecule has 1 unspecified atom stereocenters. The fourth-order valence-corrected chi connectivity index (χ4v) is 2.25. The lowest BCUT2D eigenvalue weighted by molar-refractivity contribution is 0.314. The standard InChI is InChI=1S/C13H19Br2NO/c1-10(14)6-7-16(2)9-11-8-12(15)4-5-13(11)17-3/h4-5,8,10H,6-7,9H2,1-3H3. The third kappa shape index (κ3) is 5.40. The first-order valence-corrected chi connectivity index (χ1v) is 7.39. The van der Waals surface area contributed by atoms with Gasteiger partial charge >= 0.3 is 0 Å². The largest absolute Gasteiger partial charge is 0.496 e. The molecule has 17 heavy (non-hydrogen) atoms. The molecular weight excluding hydrogens is 346 g/mol. The van der Waals surface area contributed by atoms with Crippen molar-refractivity contribution in [3.8, 4) is 5.75 Å². The molecule has 0 heterocycles. The van der Waals surface area contributed by atoms with Gasteiger partial charge in [0, 0.05) is 21.4 Å². The zero-order valence-corrected chi connectivity index (χ0v) is 13.7. The normalized spacial score (nSPS) is 12.8. The summed E-state index contributed by atoms with van der Waals surface area (Å²) < 4.78 is 6.46. The number of rotatable bonds is 6. The van der Waals surface area contributed by atoms with E-state index in [2.05, 4.69) is 56.8 Å². The summed E-state index contributed by atoms with van der Waals surface area (Å²) >= 11 is 7.07. The number of methoxy groups -OCH3 is 1. The second-order valence-corrected chi connectivity index (χ2v) is 6.74. The van der Waals surface area contributed by atoms with E-state index in [1.54, 1.807) is 7.11 Å². The number of ether oxygens (including phenoxy) is 1. The third-order valence-corrected chi connectivity index (χ3v) is 3.54. The van der Waals surface area contributed by atoms with Crippen molar-refractivity contribution in [2.24, 2.45) is 0 Å². The number of nitrogens with zero attached hydrogens (tertiary/aromatic N) is 1. The van der Waals surface area contributed by atoms with Crippen LogP contribution in [0.3, 0.4) is 0 Å². The molecule has 0 spiro atoms. The van der Waals surface area contributed by atoms with Gasteiger partial charge in [-0.15, -0.1) is 0 Å². The van der Waals surface area contributed by atoms with Crippen molar-refractivity contribution >= 4 is 31.9 Å². The number of benzene rings is 1. The van der Waals surface area contributed by atoms with Crippen LogP contribution >= 0.6 is 31.9 Å². The predicted molar refractivity (Wildman–Crippen MR) is 80.0 cm³/mol. The third-order valence-electron chi connectivity index (χ3n) is 2.59. The van der Waals surface area contributed by atoms with Gasteiger partial charge in [0.1, 0.15) is 5.75 Å². The molecule has 0 bridgehead atoms. The summed E-state index contributed by atoms with van der Waals surface area (Å²) in [5, 5.41) is 0.